The molecule has 8 nitrogen and oxygen atoms in total. The second-order valence-electron chi connectivity index (χ2n) is 7.31. The third-order valence-corrected chi connectivity index (χ3v) is 5.40. The molecule has 1 atom stereocenters. The number of nitrogens with one attached hydrogen (secondary N) is 1. The van der Waals surface area contributed by atoms with E-state index in [1.807, 2.05) is 13.0 Å². The van der Waals surface area contributed by atoms with E-state index in [2.05, 4.69) is 10.4 Å². The molecule has 0 bridgehead atoms. The number of carbonyl (C=O) groups excluding carboxylic acids is 1. The van der Waals surface area contributed by atoms with E-state index in [9.17, 15) is 9.59 Å². The van der Waals surface area contributed by atoms with Crippen LogP contribution < -0.4 is 25.1 Å². The number of ether oxygens (including phenoxy) is 3. The molecule has 0 spiro atoms. The van der Waals surface area contributed by atoms with Gasteiger partial charge in [-0.25, -0.2) is 4.68 Å². The van der Waals surface area contributed by atoms with Gasteiger partial charge in [-0.1, -0.05) is 11.6 Å². The zero-order valence-electron chi connectivity index (χ0n) is 18.9. The summed E-state index contributed by atoms with van der Waals surface area (Å²) in [5.41, 5.74) is 1.96. The molecule has 3 rings (SSSR count). The van der Waals surface area contributed by atoms with Gasteiger partial charge in [-0.15, -0.1) is 0 Å². The van der Waals surface area contributed by atoms with E-state index >= 15 is 0 Å². The number of halogens is 1. The lowest BCUT2D eigenvalue weighted by Crippen LogP contribution is -2.39. The van der Waals surface area contributed by atoms with E-state index < -0.39 is 6.10 Å². The molecule has 1 aromatic heterocycles. The van der Waals surface area contributed by atoms with Crippen molar-refractivity contribution in [2.75, 3.05) is 20.8 Å². The van der Waals surface area contributed by atoms with Crippen molar-refractivity contribution in [2.45, 2.75) is 26.5 Å². The number of hydrogen-bond acceptors (Lipinski definition) is 6. The molecule has 0 radical (unpaired) electrons. The van der Waals surface area contributed by atoms with Crippen LogP contribution in [0.4, 0.5) is 0 Å². The Labute approximate surface area is 197 Å². The highest BCUT2D eigenvalue weighted by atomic mass is 35.5. The van der Waals surface area contributed by atoms with E-state index in [0.717, 1.165) is 11.1 Å². The molecule has 1 N–H and O–H groups in total. The van der Waals surface area contributed by atoms with Crippen LogP contribution in [-0.4, -0.2) is 42.6 Å². The molecule has 1 amide bonds. The van der Waals surface area contributed by atoms with Crippen LogP contribution >= 0.6 is 11.6 Å². The number of hydrogen-bond donors (Lipinski definition) is 1. The van der Waals surface area contributed by atoms with Crippen molar-refractivity contribution in [1.82, 2.24) is 15.1 Å². The van der Waals surface area contributed by atoms with Gasteiger partial charge < -0.3 is 19.5 Å². The summed E-state index contributed by atoms with van der Waals surface area (Å²) < 4.78 is 17.6. The first kappa shape index (κ1) is 24.1. The minimum atomic E-state index is -0.714. The van der Waals surface area contributed by atoms with Gasteiger partial charge in [0.1, 0.15) is 5.75 Å². The number of aryl methyl sites for hydroxylation is 1. The molecule has 174 valence electrons. The number of carbonyl (C=O) groups is 1. The van der Waals surface area contributed by atoms with E-state index in [-0.39, 0.29) is 24.6 Å². The molecule has 9 heteroatoms. The summed E-state index contributed by atoms with van der Waals surface area (Å²) in [6.45, 7) is 3.94. The lowest BCUT2D eigenvalue weighted by Gasteiger charge is -2.15. The number of aromatic nitrogens is 2. The normalized spacial score (nSPS) is 11.5. The van der Waals surface area contributed by atoms with Crippen molar-refractivity contribution in [2.24, 2.45) is 0 Å². The van der Waals surface area contributed by atoms with Gasteiger partial charge in [-0.05, 0) is 61.9 Å². The highest BCUT2D eigenvalue weighted by molar-refractivity contribution is 6.31. The monoisotopic (exact) mass is 471 g/mol. The summed E-state index contributed by atoms with van der Waals surface area (Å²) >= 11 is 6.02. The van der Waals surface area contributed by atoms with Crippen LogP contribution in [0.1, 0.15) is 12.5 Å². The number of nitrogens with zero attached hydrogens (tertiary/aromatic N) is 2. The molecule has 33 heavy (non-hydrogen) atoms. The summed E-state index contributed by atoms with van der Waals surface area (Å²) in [6.07, 6.45) is -0.714. The zero-order chi connectivity index (χ0) is 24.0. The molecule has 0 saturated carbocycles. The average molecular weight is 472 g/mol. The Bertz CT molecular complexity index is 1190. The smallest absolute Gasteiger partial charge is 0.266 e. The number of rotatable bonds is 9. The molecule has 0 aliphatic heterocycles. The fraction of sp³-hybridized carbons (Fsp3) is 0.292. The minimum absolute atomic E-state index is 0.207. The first-order chi connectivity index (χ1) is 15.8. The van der Waals surface area contributed by atoms with Crippen LogP contribution in [0.25, 0.3) is 11.3 Å². The van der Waals surface area contributed by atoms with Crippen LogP contribution in [-0.2, 0) is 11.3 Å². The standard InChI is InChI=1S/C24H26ClN3O5/c1-15-13-18(6-7-19(15)25)33-16(2)24(30)26-11-12-28-23(29)10-8-20(27-28)17-5-9-21(31-3)22(14-17)32-4/h5-10,13-14,16H,11-12H2,1-4H3,(H,26,30). The SMILES string of the molecule is COc1ccc(-c2ccc(=O)n(CCNC(=O)C(C)Oc3ccc(Cl)c(C)c3)n2)cc1OC. The summed E-state index contributed by atoms with van der Waals surface area (Å²) in [4.78, 5) is 24.6. The van der Waals surface area contributed by atoms with Gasteiger partial charge in [0.15, 0.2) is 17.6 Å². The van der Waals surface area contributed by atoms with Crippen molar-refractivity contribution < 1.29 is 19.0 Å². The Hall–Kier alpha value is -3.52. The Morgan fingerprint density at radius 2 is 1.85 bits per heavy atom. The van der Waals surface area contributed by atoms with Gasteiger partial charge in [0, 0.05) is 23.2 Å². The molecule has 0 aliphatic rings. The lowest BCUT2D eigenvalue weighted by molar-refractivity contribution is -0.127. The van der Waals surface area contributed by atoms with Gasteiger partial charge in [-0.2, -0.15) is 5.10 Å². The first-order valence-corrected chi connectivity index (χ1v) is 10.7. The Morgan fingerprint density at radius 1 is 1.09 bits per heavy atom. The van der Waals surface area contributed by atoms with Gasteiger partial charge in [0.05, 0.1) is 26.5 Å². The van der Waals surface area contributed by atoms with Crippen molar-refractivity contribution >= 4 is 17.5 Å². The highest BCUT2D eigenvalue weighted by Gasteiger charge is 2.15. The van der Waals surface area contributed by atoms with Crippen LogP contribution in [0.5, 0.6) is 17.2 Å². The number of methoxy groups -OCH3 is 2. The summed E-state index contributed by atoms with van der Waals surface area (Å²) in [5.74, 6) is 1.42. The quantitative estimate of drug-likeness (QED) is 0.513. The van der Waals surface area contributed by atoms with Crippen molar-refractivity contribution in [3.05, 3.63) is 69.5 Å². The Kier molecular flexibility index (Phi) is 7.95. The Balaban J connectivity index is 1.62. The molecule has 1 unspecified atom stereocenters. The van der Waals surface area contributed by atoms with Crippen LogP contribution in [0.3, 0.4) is 0 Å². The third kappa shape index (κ3) is 6.04. The van der Waals surface area contributed by atoms with Crippen molar-refractivity contribution in [3.8, 4) is 28.5 Å². The fourth-order valence-corrected chi connectivity index (χ4v) is 3.25. The molecule has 0 aliphatic carbocycles. The van der Waals surface area contributed by atoms with Crippen molar-refractivity contribution in [1.29, 1.82) is 0 Å². The lowest BCUT2D eigenvalue weighted by atomic mass is 10.1. The zero-order valence-corrected chi connectivity index (χ0v) is 19.7. The van der Waals surface area contributed by atoms with E-state index in [0.29, 0.717) is 28.0 Å². The average Bonchev–Trinajstić information content (AvgIpc) is 2.82. The van der Waals surface area contributed by atoms with E-state index in [1.165, 1.54) is 10.7 Å². The predicted molar refractivity (Wildman–Crippen MR) is 126 cm³/mol. The molecule has 2 aromatic carbocycles. The largest absolute Gasteiger partial charge is 0.493 e. The first-order valence-electron chi connectivity index (χ1n) is 10.3. The molecule has 1 heterocycles. The maximum atomic E-state index is 12.4. The predicted octanol–water partition coefficient (Wildman–Crippen LogP) is 3.47. The summed E-state index contributed by atoms with van der Waals surface area (Å²) in [5, 5.41) is 7.82. The molecule has 0 fully saturated rings. The molecular weight excluding hydrogens is 446 g/mol. The van der Waals surface area contributed by atoms with Crippen LogP contribution in [0.15, 0.2) is 53.3 Å². The van der Waals surface area contributed by atoms with E-state index in [1.54, 1.807) is 57.5 Å². The number of amides is 1. The van der Waals surface area contributed by atoms with Gasteiger partial charge in [0.25, 0.3) is 11.5 Å². The maximum absolute atomic E-state index is 12.4. The molecule has 0 saturated heterocycles. The fourth-order valence-electron chi connectivity index (χ4n) is 3.14. The van der Waals surface area contributed by atoms with Gasteiger partial charge >= 0.3 is 0 Å². The molecular formula is C24H26ClN3O5. The second kappa shape index (κ2) is 10.9. The topological polar surface area (TPSA) is 91.7 Å². The summed E-state index contributed by atoms with van der Waals surface area (Å²) in [6, 6.07) is 13.7. The van der Waals surface area contributed by atoms with Crippen LogP contribution in [0.2, 0.25) is 5.02 Å². The third-order valence-electron chi connectivity index (χ3n) is 4.98. The highest BCUT2D eigenvalue weighted by Crippen LogP contribution is 2.31. The van der Waals surface area contributed by atoms with E-state index in [4.69, 9.17) is 25.8 Å². The van der Waals surface area contributed by atoms with Gasteiger partial charge in [-0.3, -0.25) is 9.59 Å². The molecule has 3 aromatic rings. The van der Waals surface area contributed by atoms with Crippen molar-refractivity contribution in [3.63, 3.8) is 0 Å². The number of benzene rings is 2. The minimum Gasteiger partial charge on any atom is -0.493 e. The van der Waals surface area contributed by atoms with Gasteiger partial charge in [0.2, 0.25) is 0 Å². The summed E-state index contributed by atoms with van der Waals surface area (Å²) in [7, 11) is 3.12. The van der Waals surface area contributed by atoms with Crippen LogP contribution in [0, 0.1) is 6.92 Å². The maximum Gasteiger partial charge on any atom is 0.266 e. The second-order valence-corrected chi connectivity index (χ2v) is 7.72. The Morgan fingerprint density at radius 3 is 2.55 bits per heavy atom.